The normalized spacial score (nSPS) is 10.5. The molecular formula is C12H12BrClFN5. The summed E-state index contributed by atoms with van der Waals surface area (Å²) in [5.74, 6) is 0.439. The third-order valence-electron chi connectivity index (χ3n) is 2.52. The smallest absolute Gasteiger partial charge is 0.230 e. The van der Waals surface area contributed by atoms with Crippen LogP contribution in [0.5, 0.6) is 0 Å². The zero-order chi connectivity index (χ0) is 14.9. The molecule has 0 saturated carbocycles. The van der Waals surface area contributed by atoms with Gasteiger partial charge in [0.25, 0.3) is 0 Å². The van der Waals surface area contributed by atoms with Gasteiger partial charge in [-0.2, -0.15) is 15.0 Å². The fourth-order valence-electron chi connectivity index (χ4n) is 1.50. The molecule has 1 aromatic carbocycles. The lowest BCUT2D eigenvalue weighted by Crippen LogP contribution is -2.15. The molecular weight excluding hydrogens is 349 g/mol. The molecule has 5 nitrogen and oxygen atoms in total. The van der Waals surface area contributed by atoms with Crippen LogP contribution in [-0.2, 0) is 0 Å². The van der Waals surface area contributed by atoms with E-state index >= 15 is 0 Å². The summed E-state index contributed by atoms with van der Waals surface area (Å²) in [4.78, 5) is 14.3. The van der Waals surface area contributed by atoms with Gasteiger partial charge in [-0.05, 0) is 28.1 Å². The number of benzene rings is 1. The van der Waals surface area contributed by atoms with Crippen molar-refractivity contribution in [3.8, 4) is 11.4 Å². The van der Waals surface area contributed by atoms with Crippen LogP contribution < -0.4 is 10.2 Å². The number of aromatic nitrogens is 3. The van der Waals surface area contributed by atoms with Crippen molar-refractivity contribution in [1.29, 1.82) is 0 Å². The molecule has 106 valence electrons. The number of hydrogen-bond acceptors (Lipinski definition) is 5. The molecule has 0 radical (unpaired) electrons. The number of anilines is 2. The van der Waals surface area contributed by atoms with Gasteiger partial charge in [-0.1, -0.05) is 11.6 Å². The molecule has 0 aliphatic carbocycles. The standard InChI is InChI=1S/C12H12BrClFN5/c1-16-11-17-10(18-12(19-11)20(2)3)6-4-5-7(13)8(14)9(6)15/h4-5H,1-3H3,(H,16,17,18,19). The Hall–Kier alpha value is -1.47. The molecule has 2 rings (SSSR count). The van der Waals surface area contributed by atoms with Crippen molar-refractivity contribution in [1.82, 2.24) is 15.0 Å². The Kier molecular flexibility index (Phi) is 4.39. The van der Waals surface area contributed by atoms with E-state index in [1.54, 1.807) is 38.2 Å². The van der Waals surface area contributed by atoms with Gasteiger partial charge in [0, 0.05) is 25.6 Å². The van der Waals surface area contributed by atoms with Crippen LogP contribution in [-0.4, -0.2) is 36.1 Å². The molecule has 1 heterocycles. The second-order valence-corrected chi connectivity index (χ2v) is 5.38. The van der Waals surface area contributed by atoms with Gasteiger partial charge < -0.3 is 10.2 Å². The van der Waals surface area contributed by atoms with Gasteiger partial charge in [0.15, 0.2) is 11.6 Å². The van der Waals surface area contributed by atoms with Crippen LogP contribution in [0.3, 0.4) is 0 Å². The summed E-state index contributed by atoms with van der Waals surface area (Å²) in [6.07, 6.45) is 0. The Morgan fingerprint density at radius 2 is 1.95 bits per heavy atom. The van der Waals surface area contributed by atoms with Gasteiger partial charge in [-0.15, -0.1) is 0 Å². The van der Waals surface area contributed by atoms with Crippen molar-refractivity contribution in [2.75, 3.05) is 31.4 Å². The maximum Gasteiger partial charge on any atom is 0.230 e. The molecule has 8 heteroatoms. The van der Waals surface area contributed by atoms with Crippen molar-refractivity contribution in [2.24, 2.45) is 0 Å². The Morgan fingerprint density at radius 1 is 1.25 bits per heavy atom. The van der Waals surface area contributed by atoms with Crippen molar-refractivity contribution in [2.45, 2.75) is 0 Å². The van der Waals surface area contributed by atoms with Gasteiger partial charge in [0.2, 0.25) is 11.9 Å². The number of nitrogens with zero attached hydrogens (tertiary/aromatic N) is 4. The van der Waals surface area contributed by atoms with E-state index < -0.39 is 5.82 Å². The van der Waals surface area contributed by atoms with E-state index in [4.69, 9.17) is 11.6 Å². The van der Waals surface area contributed by atoms with Crippen LogP contribution in [0.15, 0.2) is 16.6 Å². The molecule has 20 heavy (non-hydrogen) atoms. The minimum absolute atomic E-state index is 0.000299. The molecule has 0 saturated heterocycles. The van der Waals surface area contributed by atoms with Crippen LogP contribution in [0.2, 0.25) is 5.02 Å². The van der Waals surface area contributed by atoms with E-state index in [0.29, 0.717) is 16.4 Å². The second kappa shape index (κ2) is 5.88. The first-order valence-electron chi connectivity index (χ1n) is 5.69. The third-order valence-corrected chi connectivity index (χ3v) is 3.78. The summed E-state index contributed by atoms with van der Waals surface area (Å²) in [5.41, 5.74) is 0.222. The van der Waals surface area contributed by atoms with E-state index in [9.17, 15) is 4.39 Å². The molecule has 1 N–H and O–H groups in total. The molecule has 0 aliphatic heterocycles. The molecule has 0 atom stereocenters. The average Bonchev–Trinajstić information content (AvgIpc) is 2.44. The van der Waals surface area contributed by atoms with Crippen LogP contribution in [0.25, 0.3) is 11.4 Å². The van der Waals surface area contributed by atoms with Crippen LogP contribution in [0.4, 0.5) is 16.3 Å². The Labute approximate surface area is 129 Å². The highest BCUT2D eigenvalue weighted by Crippen LogP contribution is 2.32. The van der Waals surface area contributed by atoms with Gasteiger partial charge in [0.1, 0.15) is 0 Å². The molecule has 0 fully saturated rings. The summed E-state index contributed by atoms with van der Waals surface area (Å²) in [6.45, 7) is 0. The molecule has 0 spiro atoms. The highest BCUT2D eigenvalue weighted by atomic mass is 79.9. The molecule has 0 aliphatic rings. The van der Waals surface area contributed by atoms with E-state index in [1.807, 2.05) is 0 Å². The summed E-state index contributed by atoms with van der Waals surface area (Å²) in [6, 6.07) is 3.22. The average molecular weight is 361 g/mol. The predicted molar refractivity (Wildman–Crippen MR) is 81.8 cm³/mol. The molecule has 0 amide bonds. The first-order valence-corrected chi connectivity index (χ1v) is 6.86. The molecule has 1 aromatic heterocycles. The summed E-state index contributed by atoms with van der Waals surface area (Å²) in [7, 11) is 5.27. The first-order chi connectivity index (χ1) is 9.43. The van der Waals surface area contributed by atoms with Crippen molar-refractivity contribution in [3.63, 3.8) is 0 Å². The van der Waals surface area contributed by atoms with Crippen molar-refractivity contribution in [3.05, 3.63) is 27.4 Å². The topological polar surface area (TPSA) is 53.9 Å². The monoisotopic (exact) mass is 359 g/mol. The second-order valence-electron chi connectivity index (χ2n) is 4.15. The lowest BCUT2D eigenvalue weighted by Gasteiger charge is -2.13. The highest BCUT2D eigenvalue weighted by molar-refractivity contribution is 9.10. The van der Waals surface area contributed by atoms with Gasteiger partial charge in [0.05, 0.1) is 10.6 Å². The number of rotatable bonds is 3. The third kappa shape index (κ3) is 2.83. The largest absolute Gasteiger partial charge is 0.357 e. The zero-order valence-corrected chi connectivity index (χ0v) is 13.4. The van der Waals surface area contributed by atoms with E-state index in [0.717, 1.165) is 0 Å². The van der Waals surface area contributed by atoms with Gasteiger partial charge in [-0.25, -0.2) is 4.39 Å². The maximum atomic E-state index is 14.2. The van der Waals surface area contributed by atoms with Crippen LogP contribution >= 0.6 is 27.5 Å². The minimum Gasteiger partial charge on any atom is -0.357 e. The Balaban J connectivity index is 2.63. The lowest BCUT2D eigenvalue weighted by atomic mass is 10.2. The predicted octanol–water partition coefficient (Wildman–Crippen LogP) is 3.20. The van der Waals surface area contributed by atoms with E-state index in [-0.39, 0.29) is 16.4 Å². The summed E-state index contributed by atoms with van der Waals surface area (Å²) in [5, 5.41) is 2.82. The SMILES string of the molecule is CNc1nc(-c2ccc(Br)c(Cl)c2F)nc(N(C)C)n1. The lowest BCUT2D eigenvalue weighted by molar-refractivity contribution is 0.629. The van der Waals surface area contributed by atoms with Crippen molar-refractivity contribution < 1.29 is 4.39 Å². The number of halogens is 3. The van der Waals surface area contributed by atoms with E-state index in [1.165, 1.54) is 0 Å². The molecule has 0 bridgehead atoms. The Morgan fingerprint density at radius 3 is 2.55 bits per heavy atom. The fourth-order valence-corrected chi connectivity index (χ4v) is 1.97. The van der Waals surface area contributed by atoms with E-state index in [2.05, 4.69) is 36.2 Å². The molecule has 2 aromatic rings. The number of hydrogen-bond donors (Lipinski definition) is 1. The first kappa shape index (κ1) is 14.9. The highest BCUT2D eigenvalue weighted by Gasteiger charge is 2.16. The maximum absolute atomic E-state index is 14.2. The zero-order valence-electron chi connectivity index (χ0n) is 11.1. The quantitative estimate of drug-likeness (QED) is 0.852. The van der Waals surface area contributed by atoms with Gasteiger partial charge >= 0.3 is 0 Å². The fraction of sp³-hybridized carbons (Fsp3) is 0.250. The Bertz CT molecular complexity index is 650. The van der Waals surface area contributed by atoms with Crippen molar-refractivity contribution >= 4 is 39.4 Å². The molecule has 0 unspecified atom stereocenters. The summed E-state index contributed by atoms with van der Waals surface area (Å²) < 4.78 is 14.7. The van der Waals surface area contributed by atoms with Crippen LogP contribution in [0, 0.1) is 5.82 Å². The summed E-state index contributed by atoms with van der Waals surface area (Å²) >= 11 is 9.06. The number of nitrogens with one attached hydrogen (secondary N) is 1. The minimum atomic E-state index is -0.570. The van der Waals surface area contributed by atoms with Gasteiger partial charge in [-0.3, -0.25) is 0 Å². The van der Waals surface area contributed by atoms with Crippen LogP contribution in [0.1, 0.15) is 0 Å².